The Labute approximate surface area is 209 Å². The molecule has 0 saturated heterocycles. The fourth-order valence-electron chi connectivity index (χ4n) is 5.12. The smallest absolute Gasteiger partial charge is 0.308 e. The Morgan fingerprint density at radius 1 is 0.914 bits per heavy atom. The topological polar surface area (TPSA) is 58.6 Å². The number of hydrogen-bond donors (Lipinski definition) is 1. The van der Waals surface area contributed by atoms with Crippen LogP contribution in [0.2, 0.25) is 0 Å². The first-order valence-electron chi connectivity index (χ1n) is 13.1. The maximum absolute atomic E-state index is 12.7. The Bertz CT molecular complexity index is 992. The number of carbonyl (C=O) groups is 2. The summed E-state index contributed by atoms with van der Waals surface area (Å²) in [4.78, 5) is 27.1. The summed E-state index contributed by atoms with van der Waals surface area (Å²) in [6, 6.07) is 18.9. The lowest BCUT2D eigenvalue weighted by Crippen LogP contribution is -2.30. The maximum atomic E-state index is 12.7. The average molecular weight is 475 g/mol. The Hall–Kier alpha value is -2.92. The van der Waals surface area contributed by atoms with Crippen molar-refractivity contribution in [3.05, 3.63) is 77.4 Å². The standard InChI is InChI=1S/C30H38N2O3/c1-2-35-30(34)27-14-12-26(13-15-27)29(33)31-28-16-10-23(11-17-28)8-9-24-18-20-32(21-19-24)22-25-6-4-3-5-7-25/h3-7,10-11,16-18,26-27H,2,8-9,12-15,19-22H2,1H3,(H,31,33). The van der Waals surface area contributed by atoms with E-state index in [9.17, 15) is 9.59 Å². The lowest BCUT2D eigenvalue weighted by Gasteiger charge is -2.26. The molecule has 0 aromatic heterocycles. The van der Waals surface area contributed by atoms with Gasteiger partial charge in [0, 0.05) is 31.2 Å². The molecule has 0 atom stereocenters. The van der Waals surface area contributed by atoms with Crippen molar-refractivity contribution in [2.24, 2.45) is 11.8 Å². The van der Waals surface area contributed by atoms with E-state index in [0.29, 0.717) is 6.61 Å². The predicted octanol–water partition coefficient (Wildman–Crippen LogP) is 5.76. The number of rotatable bonds is 9. The molecule has 2 aromatic carbocycles. The lowest BCUT2D eigenvalue weighted by atomic mass is 9.81. The number of esters is 1. The Balaban J connectivity index is 1.18. The molecule has 186 valence electrons. The molecule has 0 unspecified atom stereocenters. The first kappa shape index (κ1) is 25.2. The van der Waals surface area contributed by atoms with Crippen molar-refractivity contribution in [1.29, 1.82) is 0 Å². The molecule has 1 heterocycles. The summed E-state index contributed by atoms with van der Waals surface area (Å²) in [5, 5.41) is 3.07. The largest absolute Gasteiger partial charge is 0.466 e. The van der Waals surface area contributed by atoms with Gasteiger partial charge in [0.1, 0.15) is 0 Å². The molecule has 0 radical (unpaired) electrons. The highest BCUT2D eigenvalue weighted by atomic mass is 16.5. The van der Waals surface area contributed by atoms with Crippen LogP contribution in [-0.4, -0.2) is 36.5 Å². The van der Waals surface area contributed by atoms with E-state index in [-0.39, 0.29) is 23.7 Å². The van der Waals surface area contributed by atoms with Gasteiger partial charge in [-0.2, -0.15) is 0 Å². The van der Waals surface area contributed by atoms with Crippen LogP contribution >= 0.6 is 0 Å². The zero-order valence-electron chi connectivity index (χ0n) is 20.9. The van der Waals surface area contributed by atoms with Crippen LogP contribution in [0.25, 0.3) is 0 Å². The fourth-order valence-corrected chi connectivity index (χ4v) is 5.12. The van der Waals surface area contributed by atoms with Crippen LogP contribution in [-0.2, 0) is 27.3 Å². The van der Waals surface area contributed by atoms with E-state index in [1.165, 1.54) is 11.1 Å². The summed E-state index contributed by atoms with van der Waals surface area (Å²) in [6.07, 6.45) is 8.60. The molecule has 1 aliphatic heterocycles. The SMILES string of the molecule is CCOC(=O)C1CCC(C(=O)Nc2ccc(CCC3=CCN(Cc4ccccc4)CC3)cc2)CC1. The van der Waals surface area contributed by atoms with Crippen molar-refractivity contribution < 1.29 is 14.3 Å². The molecule has 0 bridgehead atoms. The van der Waals surface area contributed by atoms with E-state index in [0.717, 1.165) is 70.3 Å². The van der Waals surface area contributed by atoms with Gasteiger partial charge in [-0.3, -0.25) is 14.5 Å². The van der Waals surface area contributed by atoms with E-state index >= 15 is 0 Å². The molecule has 1 N–H and O–H groups in total. The van der Waals surface area contributed by atoms with Crippen LogP contribution in [0.1, 0.15) is 56.6 Å². The van der Waals surface area contributed by atoms with Gasteiger partial charge in [-0.25, -0.2) is 0 Å². The molecular formula is C30H38N2O3. The molecule has 1 amide bonds. The predicted molar refractivity (Wildman–Crippen MR) is 140 cm³/mol. The molecule has 2 aliphatic rings. The van der Waals surface area contributed by atoms with Crippen molar-refractivity contribution in [3.63, 3.8) is 0 Å². The van der Waals surface area contributed by atoms with Crippen molar-refractivity contribution in [2.75, 3.05) is 25.0 Å². The summed E-state index contributed by atoms with van der Waals surface area (Å²) in [7, 11) is 0. The normalized spacial score (nSPS) is 20.7. The number of carbonyl (C=O) groups excluding carboxylic acids is 2. The number of aryl methyl sites for hydroxylation is 1. The molecule has 1 aliphatic carbocycles. The van der Waals surface area contributed by atoms with Gasteiger partial charge in [-0.15, -0.1) is 0 Å². The lowest BCUT2D eigenvalue weighted by molar-refractivity contribution is -0.149. The summed E-state index contributed by atoms with van der Waals surface area (Å²) in [5.74, 6) is -0.132. The summed E-state index contributed by atoms with van der Waals surface area (Å²) >= 11 is 0. The zero-order valence-corrected chi connectivity index (χ0v) is 20.9. The van der Waals surface area contributed by atoms with Gasteiger partial charge in [0.15, 0.2) is 0 Å². The Morgan fingerprint density at radius 2 is 1.63 bits per heavy atom. The zero-order chi connectivity index (χ0) is 24.5. The number of ether oxygens (including phenoxy) is 1. The van der Waals surface area contributed by atoms with E-state index < -0.39 is 0 Å². The number of nitrogens with one attached hydrogen (secondary N) is 1. The molecular weight excluding hydrogens is 436 g/mol. The van der Waals surface area contributed by atoms with Crippen LogP contribution in [0, 0.1) is 11.8 Å². The highest BCUT2D eigenvalue weighted by Crippen LogP contribution is 2.30. The Kier molecular flexibility index (Phi) is 9.13. The number of amides is 1. The van der Waals surface area contributed by atoms with Crippen molar-refractivity contribution in [2.45, 2.75) is 58.4 Å². The minimum absolute atomic E-state index is 0.0277. The average Bonchev–Trinajstić information content (AvgIpc) is 2.90. The molecule has 5 nitrogen and oxygen atoms in total. The first-order chi connectivity index (χ1) is 17.1. The van der Waals surface area contributed by atoms with Crippen molar-refractivity contribution in [1.82, 2.24) is 4.90 Å². The minimum Gasteiger partial charge on any atom is -0.466 e. The number of hydrogen-bond acceptors (Lipinski definition) is 4. The number of benzene rings is 2. The van der Waals surface area contributed by atoms with Crippen LogP contribution < -0.4 is 5.32 Å². The monoisotopic (exact) mass is 474 g/mol. The van der Waals surface area contributed by atoms with E-state index in [4.69, 9.17) is 4.74 Å². The summed E-state index contributed by atoms with van der Waals surface area (Å²) in [6.45, 7) is 5.41. The molecule has 1 fully saturated rings. The maximum Gasteiger partial charge on any atom is 0.308 e. The van der Waals surface area contributed by atoms with Crippen LogP contribution in [0.5, 0.6) is 0 Å². The molecule has 5 heteroatoms. The first-order valence-corrected chi connectivity index (χ1v) is 13.1. The highest BCUT2D eigenvalue weighted by molar-refractivity contribution is 5.92. The van der Waals surface area contributed by atoms with Gasteiger partial charge in [0.2, 0.25) is 5.91 Å². The van der Waals surface area contributed by atoms with Gasteiger partial charge in [-0.1, -0.05) is 54.1 Å². The van der Waals surface area contributed by atoms with E-state index in [2.05, 4.69) is 58.8 Å². The quantitative estimate of drug-likeness (QED) is 0.371. The van der Waals surface area contributed by atoms with E-state index in [1.54, 1.807) is 5.57 Å². The second-order valence-corrected chi connectivity index (χ2v) is 9.82. The molecule has 0 spiro atoms. The second-order valence-electron chi connectivity index (χ2n) is 9.82. The van der Waals surface area contributed by atoms with Gasteiger partial charge in [0.25, 0.3) is 0 Å². The third-order valence-electron chi connectivity index (χ3n) is 7.31. The van der Waals surface area contributed by atoms with Crippen molar-refractivity contribution in [3.8, 4) is 0 Å². The number of anilines is 1. The number of nitrogens with zero attached hydrogens (tertiary/aromatic N) is 1. The van der Waals surface area contributed by atoms with Crippen LogP contribution in [0.4, 0.5) is 5.69 Å². The summed E-state index contributed by atoms with van der Waals surface area (Å²) in [5.41, 5.74) is 5.07. The second kappa shape index (κ2) is 12.7. The van der Waals surface area contributed by atoms with Gasteiger partial charge >= 0.3 is 5.97 Å². The molecule has 1 saturated carbocycles. The van der Waals surface area contributed by atoms with E-state index in [1.807, 2.05) is 19.1 Å². The Morgan fingerprint density at radius 3 is 2.29 bits per heavy atom. The van der Waals surface area contributed by atoms with Gasteiger partial charge in [-0.05, 0) is 75.1 Å². The van der Waals surface area contributed by atoms with Gasteiger partial charge in [0.05, 0.1) is 12.5 Å². The molecule has 2 aromatic rings. The van der Waals surface area contributed by atoms with Crippen molar-refractivity contribution >= 4 is 17.6 Å². The van der Waals surface area contributed by atoms with Gasteiger partial charge < -0.3 is 10.1 Å². The highest BCUT2D eigenvalue weighted by Gasteiger charge is 2.30. The summed E-state index contributed by atoms with van der Waals surface area (Å²) < 4.78 is 5.12. The third-order valence-corrected chi connectivity index (χ3v) is 7.31. The van der Waals surface area contributed by atoms with Crippen LogP contribution in [0.15, 0.2) is 66.2 Å². The third kappa shape index (κ3) is 7.53. The molecule has 4 rings (SSSR count). The fraction of sp³-hybridized carbons (Fsp3) is 0.467. The molecule has 35 heavy (non-hydrogen) atoms. The van der Waals surface area contributed by atoms with Crippen LogP contribution in [0.3, 0.4) is 0 Å². The minimum atomic E-state index is -0.115.